The van der Waals surface area contributed by atoms with Gasteiger partial charge in [-0.15, -0.1) is 0 Å². The largest absolute Gasteiger partial charge is 0.490 e. The summed E-state index contributed by atoms with van der Waals surface area (Å²) < 4.78 is 11.8. The fourth-order valence-electron chi connectivity index (χ4n) is 2.50. The van der Waals surface area contributed by atoms with Gasteiger partial charge in [0.2, 0.25) is 0 Å². The number of rotatable bonds is 4. The number of benzene rings is 1. The van der Waals surface area contributed by atoms with Gasteiger partial charge in [-0.25, -0.2) is 0 Å². The summed E-state index contributed by atoms with van der Waals surface area (Å²) in [6.45, 7) is 4.00. The number of anilines is 1. The first-order valence-corrected chi connectivity index (χ1v) is 7.38. The van der Waals surface area contributed by atoms with Crippen molar-refractivity contribution in [2.45, 2.75) is 64.6 Å². The molecule has 1 aliphatic carbocycles. The van der Waals surface area contributed by atoms with Crippen LogP contribution in [0.25, 0.3) is 0 Å². The highest BCUT2D eigenvalue weighted by Gasteiger charge is 2.14. The van der Waals surface area contributed by atoms with Crippen LogP contribution in [0, 0.1) is 0 Å². The molecular weight excluding hydrogens is 238 g/mol. The normalized spacial score (nSPS) is 17.2. The van der Waals surface area contributed by atoms with Gasteiger partial charge in [0.25, 0.3) is 0 Å². The Labute approximate surface area is 116 Å². The molecule has 0 radical (unpaired) electrons. The maximum Gasteiger partial charge on any atom is 0.146 e. The minimum Gasteiger partial charge on any atom is -0.490 e. The summed E-state index contributed by atoms with van der Waals surface area (Å²) in [4.78, 5) is 0. The molecule has 1 fully saturated rings. The molecule has 3 nitrogen and oxygen atoms in total. The van der Waals surface area contributed by atoms with Gasteiger partial charge in [0.15, 0.2) is 0 Å². The number of ether oxygens (including phenoxy) is 2. The van der Waals surface area contributed by atoms with E-state index in [9.17, 15) is 0 Å². The highest BCUT2D eigenvalue weighted by molar-refractivity contribution is 5.55. The third-order valence-corrected chi connectivity index (χ3v) is 3.45. The van der Waals surface area contributed by atoms with Gasteiger partial charge in [0, 0.05) is 6.07 Å². The number of nitrogens with two attached hydrogens (primary N) is 1. The lowest BCUT2D eigenvalue weighted by Crippen LogP contribution is -2.15. The van der Waals surface area contributed by atoms with Crippen LogP contribution in [-0.2, 0) is 0 Å². The van der Waals surface area contributed by atoms with E-state index < -0.39 is 0 Å². The number of nitrogen functional groups attached to an aromatic ring is 1. The second kappa shape index (κ2) is 6.69. The van der Waals surface area contributed by atoms with Crippen LogP contribution in [0.1, 0.15) is 52.4 Å². The Balaban J connectivity index is 2.03. The zero-order valence-electron chi connectivity index (χ0n) is 12.0. The summed E-state index contributed by atoms with van der Waals surface area (Å²) in [7, 11) is 0. The summed E-state index contributed by atoms with van der Waals surface area (Å²) in [5, 5.41) is 0. The van der Waals surface area contributed by atoms with Gasteiger partial charge in [-0.1, -0.05) is 12.8 Å². The van der Waals surface area contributed by atoms with Crippen LogP contribution in [0.15, 0.2) is 18.2 Å². The Bertz CT molecular complexity index is 396. The van der Waals surface area contributed by atoms with Gasteiger partial charge in [-0.2, -0.15) is 0 Å². The quantitative estimate of drug-likeness (QED) is 0.655. The van der Waals surface area contributed by atoms with E-state index in [1.807, 2.05) is 32.0 Å². The van der Waals surface area contributed by atoms with Gasteiger partial charge in [0.05, 0.1) is 17.9 Å². The molecular formula is C16H25NO2. The molecule has 0 heterocycles. The molecule has 1 aromatic rings. The molecule has 1 aromatic carbocycles. The summed E-state index contributed by atoms with van der Waals surface area (Å²) >= 11 is 0. The zero-order valence-corrected chi connectivity index (χ0v) is 12.0. The molecule has 0 atom stereocenters. The fourth-order valence-corrected chi connectivity index (χ4v) is 2.50. The molecule has 0 amide bonds. The van der Waals surface area contributed by atoms with E-state index >= 15 is 0 Å². The second-order valence-corrected chi connectivity index (χ2v) is 5.60. The summed E-state index contributed by atoms with van der Waals surface area (Å²) in [6, 6.07) is 5.72. The highest BCUT2D eigenvalue weighted by Crippen LogP contribution is 2.30. The van der Waals surface area contributed by atoms with E-state index in [2.05, 4.69) is 0 Å². The molecule has 2 rings (SSSR count). The maximum atomic E-state index is 6.08. The lowest BCUT2D eigenvalue weighted by molar-refractivity contribution is 0.181. The third kappa shape index (κ3) is 4.34. The van der Waals surface area contributed by atoms with E-state index in [-0.39, 0.29) is 6.10 Å². The van der Waals surface area contributed by atoms with Crippen molar-refractivity contribution >= 4 is 5.69 Å². The van der Waals surface area contributed by atoms with Crippen LogP contribution in [0.5, 0.6) is 11.5 Å². The molecule has 19 heavy (non-hydrogen) atoms. The summed E-state index contributed by atoms with van der Waals surface area (Å²) in [6.07, 6.45) is 8.00. The SMILES string of the molecule is CC(C)Oc1cc(OC2CCCCCC2)ccc1N. The van der Waals surface area contributed by atoms with Crippen LogP contribution >= 0.6 is 0 Å². The van der Waals surface area contributed by atoms with Crippen LogP contribution in [-0.4, -0.2) is 12.2 Å². The van der Waals surface area contributed by atoms with Crippen LogP contribution in [0.3, 0.4) is 0 Å². The van der Waals surface area contributed by atoms with E-state index in [1.54, 1.807) is 0 Å². The Hall–Kier alpha value is -1.38. The molecule has 2 N–H and O–H groups in total. The van der Waals surface area contributed by atoms with E-state index in [0.29, 0.717) is 11.8 Å². The third-order valence-electron chi connectivity index (χ3n) is 3.45. The Morgan fingerprint density at radius 2 is 1.79 bits per heavy atom. The minimum atomic E-state index is 0.121. The van der Waals surface area contributed by atoms with Crippen molar-refractivity contribution in [2.75, 3.05) is 5.73 Å². The Kier molecular flexibility index (Phi) is 4.94. The molecule has 0 aliphatic heterocycles. The first-order chi connectivity index (χ1) is 9.15. The monoisotopic (exact) mass is 263 g/mol. The van der Waals surface area contributed by atoms with Crippen molar-refractivity contribution in [1.82, 2.24) is 0 Å². The summed E-state index contributed by atoms with van der Waals surface area (Å²) in [5.74, 6) is 1.60. The first-order valence-electron chi connectivity index (χ1n) is 7.38. The van der Waals surface area contributed by atoms with Crippen molar-refractivity contribution in [3.8, 4) is 11.5 Å². The van der Waals surface area contributed by atoms with Gasteiger partial charge < -0.3 is 15.2 Å². The minimum absolute atomic E-state index is 0.121. The predicted molar refractivity (Wildman–Crippen MR) is 78.7 cm³/mol. The lowest BCUT2D eigenvalue weighted by Gasteiger charge is -2.19. The van der Waals surface area contributed by atoms with Gasteiger partial charge in [-0.05, 0) is 51.7 Å². The molecule has 106 valence electrons. The van der Waals surface area contributed by atoms with Crippen molar-refractivity contribution in [3.05, 3.63) is 18.2 Å². The topological polar surface area (TPSA) is 44.5 Å². The van der Waals surface area contributed by atoms with E-state index in [0.717, 1.165) is 24.3 Å². The van der Waals surface area contributed by atoms with Crippen molar-refractivity contribution in [2.24, 2.45) is 0 Å². The van der Waals surface area contributed by atoms with Crippen molar-refractivity contribution in [1.29, 1.82) is 0 Å². The molecule has 3 heteroatoms. The highest BCUT2D eigenvalue weighted by atomic mass is 16.5. The maximum absolute atomic E-state index is 6.08. The first kappa shape index (κ1) is 14.0. The molecule has 0 unspecified atom stereocenters. The molecule has 0 aromatic heterocycles. The van der Waals surface area contributed by atoms with E-state index in [1.165, 1.54) is 25.7 Å². The zero-order chi connectivity index (χ0) is 13.7. The standard InChI is InChI=1S/C16H25NO2/c1-12(2)18-16-11-14(9-10-15(16)17)19-13-7-5-3-4-6-8-13/h9-13H,3-8,17H2,1-2H3. The van der Waals surface area contributed by atoms with Crippen LogP contribution in [0.2, 0.25) is 0 Å². The van der Waals surface area contributed by atoms with Gasteiger partial charge in [-0.3, -0.25) is 0 Å². The lowest BCUT2D eigenvalue weighted by atomic mass is 10.1. The Morgan fingerprint density at radius 3 is 2.42 bits per heavy atom. The van der Waals surface area contributed by atoms with Crippen LogP contribution < -0.4 is 15.2 Å². The molecule has 0 saturated heterocycles. The smallest absolute Gasteiger partial charge is 0.146 e. The van der Waals surface area contributed by atoms with Crippen molar-refractivity contribution < 1.29 is 9.47 Å². The van der Waals surface area contributed by atoms with Crippen molar-refractivity contribution in [3.63, 3.8) is 0 Å². The van der Waals surface area contributed by atoms with E-state index in [4.69, 9.17) is 15.2 Å². The molecule has 0 spiro atoms. The summed E-state index contributed by atoms with van der Waals surface area (Å²) in [5.41, 5.74) is 6.58. The molecule has 0 bridgehead atoms. The number of hydrogen-bond donors (Lipinski definition) is 1. The Morgan fingerprint density at radius 1 is 1.11 bits per heavy atom. The van der Waals surface area contributed by atoms with Gasteiger partial charge >= 0.3 is 0 Å². The molecule has 1 aliphatic rings. The van der Waals surface area contributed by atoms with Crippen LogP contribution in [0.4, 0.5) is 5.69 Å². The second-order valence-electron chi connectivity index (χ2n) is 5.60. The van der Waals surface area contributed by atoms with Gasteiger partial charge in [0.1, 0.15) is 11.5 Å². The molecule has 1 saturated carbocycles. The number of hydrogen-bond acceptors (Lipinski definition) is 3. The average Bonchev–Trinajstić information content (AvgIpc) is 2.61. The predicted octanol–water partition coefficient (Wildman–Crippen LogP) is 4.16. The fraction of sp³-hybridized carbons (Fsp3) is 0.625. The average molecular weight is 263 g/mol.